The zero-order valence-electron chi connectivity index (χ0n) is 11.5. The third-order valence-corrected chi connectivity index (χ3v) is 4.43. The molecule has 0 aliphatic rings. The van der Waals surface area contributed by atoms with Gasteiger partial charge in [-0.25, -0.2) is 9.18 Å². The average Bonchev–Trinajstić information content (AvgIpc) is 2.66. The van der Waals surface area contributed by atoms with Gasteiger partial charge < -0.3 is 10.8 Å². The van der Waals surface area contributed by atoms with Crippen LogP contribution in [0.2, 0.25) is 0 Å². The van der Waals surface area contributed by atoms with Crippen LogP contribution in [-0.4, -0.2) is 11.1 Å². The molecule has 0 aliphatic carbocycles. The van der Waals surface area contributed by atoms with E-state index in [1.165, 1.54) is 12.1 Å². The molecule has 0 radical (unpaired) electrons. The molecule has 5 heteroatoms. The number of carboxylic acid groups (broad SMARTS) is 1. The van der Waals surface area contributed by atoms with Crippen molar-refractivity contribution in [3.05, 3.63) is 40.0 Å². The third kappa shape index (κ3) is 2.41. The molecule has 1 heterocycles. The normalized spacial score (nSPS) is 11.1. The lowest BCUT2D eigenvalue weighted by atomic mass is 9.96. The standard InChI is InChI=1S/C15H16FNO2S/c1-7(2)11-12(17)14(15(18)19)20-13(11)10-5-4-9(16)6-8(10)3/h4-7H,17H2,1-3H3,(H,18,19). The molecule has 2 aromatic rings. The van der Waals surface area contributed by atoms with E-state index in [9.17, 15) is 14.3 Å². The van der Waals surface area contributed by atoms with E-state index in [2.05, 4.69) is 0 Å². The number of hydrogen-bond acceptors (Lipinski definition) is 3. The van der Waals surface area contributed by atoms with Crippen molar-refractivity contribution < 1.29 is 14.3 Å². The molecule has 0 bridgehead atoms. The van der Waals surface area contributed by atoms with Gasteiger partial charge in [0.05, 0.1) is 5.69 Å². The Labute approximate surface area is 120 Å². The zero-order chi connectivity index (χ0) is 15.0. The first-order valence-electron chi connectivity index (χ1n) is 6.25. The van der Waals surface area contributed by atoms with Gasteiger partial charge in [0.1, 0.15) is 10.7 Å². The largest absolute Gasteiger partial charge is 0.477 e. The van der Waals surface area contributed by atoms with Gasteiger partial charge in [-0.3, -0.25) is 0 Å². The molecular formula is C15H16FNO2S. The lowest BCUT2D eigenvalue weighted by Crippen LogP contribution is -2.01. The van der Waals surface area contributed by atoms with Crippen molar-refractivity contribution >= 4 is 23.0 Å². The van der Waals surface area contributed by atoms with Crippen molar-refractivity contribution in [3.63, 3.8) is 0 Å². The Morgan fingerprint density at radius 3 is 2.55 bits per heavy atom. The number of rotatable bonds is 3. The minimum absolute atomic E-state index is 0.0961. The number of anilines is 1. The molecule has 2 rings (SSSR count). The van der Waals surface area contributed by atoms with Crippen LogP contribution in [0.3, 0.4) is 0 Å². The molecule has 3 nitrogen and oxygen atoms in total. The summed E-state index contributed by atoms with van der Waals surface area (Å²) in [4.78, 5) is 12.2. The highest BCUT2D eigenvalue weighted by atomic mass is 32.1. The van der Waals surface area contributed by atoms with Crippen molar-refractivity contribution in [2.75, 3.05) is 5.73 Å². The number of hydrogen-bond donors (Lipinski definition) is 2. The van der Waals surface area contributed by atoms with Gasteiger partial charge in [-0.15, -0.1) is 11.3 Å². The highest BCUT2D eigenvalue weighted by Crippen LogP contribution is 2.43. The summed E-state index contributed by atoms with van der Waals surface area (Å²) in [7, 11) is 0. The maximum atomic E-state index is 13.2. The summed E-state index contributed by atoms with van der Waals surface area (Å²) in [6.45, 7) is 5.73. The van der Waals surface area contributed by atoms with Gasteiger partial charge in [-0.1, -0.05) is 19.9 Å². The Balaban J connectivity index is 2.73. The number of thiophene rings is 1. The van der Waals surface area contributed by atoms with Crippen molar-refractivity contribution in [2.24, 2.45) is 0 Å². The molecule has 1 aromatic carbocycles. The van der Waals surface area contributed by atoms with Crippen molar-refractivity contribution in [1.29, 1.82) is 0 Å². The summed E-state index contributed by atoms with van der Waals surface area (Å²) in [5.41, 5.74) is 8.72. The smallest absolute Gasteiger partial charge is 0.348 e. The molecule has 0 aliphatic heterocycles. The number of nitrogen functional groups attached to an aromatic ring is 1. The van der Waals surface area contributed by atoms with E-state index in [-0.39, 0.29) is 16.6 Å². The lowest BCUT2D eigenvalue weighted by Gasteiger charge is -2.11. The van der Waals surface area contributed by atoms with Crippen LogP contribution in [0.4, 0.5) is 10.1 Å². The van der Waals surface area contributed by atoms with Crippen LogP contribution in [0.1, 0.15) is 40.6 Å². The number of carbonyl (C=O) groups is 1. The summed E-state index contributed by atoms with van der Waals surface area (Å²) in [6.07, 6.45) is 0. The Kier molecular flexibility index (Phi) is 3.81. The van der Waals surface area contributed by atoms with Crippen LogP contribution in [0.5, 0.6) is 0 Å². The highest BCUT2D eigenvalue weighted by molar-refractivity contribution is 7.18. The molecule has 0 saturated heterocycles. The van der Waals surface area contributed by atoms with E-state index < -0.39 is 5.97 Å². The fourth-order valence-electron chi connectivity index (χ4n) is 2.27. The zero-order valence-corrected chi connectivity index (χ0v) is 12.3. The minimum Gasteiger partial charge on any atom is -0.477 e. The maximum Gasteiger partial charge on any atom is 0.348 e. The SMILES string of the molecule is Cc1cc(F)ccc1-c1sc(C(=O)O)c(N)c1C(C)C. The Morgan fingerprint density at radius 1 is 1.40 bits per heavy atom. The molecule has 20 heavy (non-hydrogen) atoms. The predicted molar refractivity (Wildman–Crippen MR) is 79.9 cm³/mol. The van der Waals surface area contributed by atoms with Gasteiger partial charge in [0.15, 0.2) is 0 Å². The molecule has 0 amide bonds. The second-order valence-corrected chi connectivity index (χ2v) is 6.03. The quantitative estimate of drug-likeness (QED) is 0.888. The van der Waals surface area contributed by atoms with Crippen LogP contribution in [0.25, 0.3) is 10.4 Å². The van der Waals surface area contributed by atoms with Crippen LogP contribution < -0.4 is 5.73 Å². The van der Waals surface area contributed by atoms with E-state index in [4.69, 9.17) is 5.73 Å². The highest BCUT2D eigenvalue weighted by Gasteiger charge is 2.23. The Hall–Kier alpha value is -1.88. The molecule has 1 aromatic heterocycles. The van der Waals surface area contributed by atoms with Crippen molar-refractivity contribution in [2.45, 2.75) is 26.7 Å². The Morgan fingerprint density at radius 2 is 2.05 bits per heavy atom. The van der Waals surface area contributed by atoms with Gasteiger partial charge in [0.2, 0.25) is 0 Å². The van der Waals surface area contributed by atoms with E-state index >= 15 is 0 Å². The summed E-state index contributed by atoms with van der Waals surface area (Å²) >= 11 is 1.15. The average molecular weight is 293 g/mol. The second kappa shape index (κ2) is 5.25. The maximum absolute atomic E-state index is 13.2. The molecule has 3 N–H and O–H groups in total. The molecule has 0 unspecified atom stereocenters. The second-order valence-electron chi connectivity index (χ2n) is 5.01. The van der Waals surface area contributed by atoms with Crippen LogP contribution in [-0.2, 0) is 0 Å². The summed E-state index contributed by atoms with van der Waals surface area (Å²) in [5.74, 6) is -1.24. The summed E-state index contributed by atoms with van der Waals surface area (Å²) < 4.78 is 13.2. The molecule has 0 fully saturated rings. The fourth-order valence-corrected chi connectivity index (χ4v) is 3.58. The first-order chi connectivity index (χ1) is 9.32. The monoisotopic (exact) mass is 293 g/mol. The van der Waals surface area contributed by atoms with Crippen LogP contribution in [0.15, 0.2) is 18.2 Å². The van der Waals surface area contributed by atoms with E-state index in [1.54, 1.807) is 13.0 Å². The van der Waals surface area contributed by atoms with Crippen molar-refractivity contribution in [3.8, 4) is 10.4 Å². The number of aromatic carboxylic acids is 1. The van der Waals surface area contributed by atoms with Crippen molar-refractivity contribution in [1.82, 2.24) is 0 Å². The summed E-state index contributed by atoms with van der Waals surface area (Å²) in [5, 5.41) is 9.22. The molecule has 0 saturated carbocycles. The Bertz CT molecular complexity index is 677. The predicted octanol–water partition coefficient (Wildman–Crippen LogP) is 4.27. The number of benzene rings is 1. The van der Waals surface area contributed by atoms with Crippen LogP contribution in [0, 0.1) is 12.7 Å². The minimum atomic E-state index is -1.03. The van der Waals surface area contributed by atoms with Gasteiger partial charge in [0.25, 0.3) is 0 Å². The van der Waals surface area contributed by atoms with E-state index in [0.717, 1.165) is 32.9 Å². The fraction of sp³-hybridized carbons (Fsp3) is 0.267. The molecule has 0 atom stereocenters. The lowest BCUT2D eigenvalue weighted by molar-refractivity contribution is 0.0703. The third-order valence-electron chi connectivity index (χ3n) is 3.19. The van der Waals surface area contributed by atoms with Gasteiger partial charge >= 0.3 is 5.97 Å². The summed E-state index contributed by atoms with van der Waals surface area (Å²) in [6, 6.07) is 4.49. The number of carboxylic acids is 1. The van der Waals surface area contributed by atoms with Crippen LogP contribution >= 0.6 is 11.3 Å². The first-order valence-corrected chi connectivity index (χ1v) is 7.06. The van der Waals surface area contributed by atoms with Gasteiger partial charge in [0, 0.05) is 4.88 Å². The topological polar surface area (TPSA) is 63.3 Å². The van der Waals surface area contributed by atoms with E-state index in [0.29, 0.717) is 5.69 Å². The molecular weight excluding hydrogens is 277 g/mol. The number of halogens is 1. The number of aryl methyl sites for hydroxylation is 1. The van der Waals surface area contributed by atoms with Gasteiger partial charge in [-0.05, 0) is 41.7 Å². The molecule has 0 spiro atoms. The molecule has 106 valence electrons. The van der Waals surface area contributed by atoms with Gasteiger partial charge in [-0.2, -0.15) is 0 Å². The number of nitrogens with two attached hydrogens (primary N) is 1. The van der Waals surface area contributed by atoms with E-state index in [1.807, 2.05) is 13.8 Å². The first kappa shape index (κ1) is 14.5.